The number of nitrogens with one attached hydrogen (secondary N) is 1. The van der Waals surface area contributed by atoms with Crippen molar-refractivity contribution in [3.63, 3.8) is 0 Å². The molecule has 0 radical (unpaired) electrons. The molecule has 1 fully saturated rings. The van der Waals surface area contributed by atoms with Gasteiger partial charge in [0.15, 0.2) is 0 Å². The van der Waals surface area contributed by atoms with Gasteiger partial charge in [-0.15, -0.1) is 0 Å². The summed E-state index contributed by atoms with van der Waals surface area (Å²) in [5.74, 6) is -1.17. The van der Waals surface area contributed by atoms with Gasteiger partial charge in [-0.05, 0) is 37.1 Å². The lowest BCUT2D eigenvalue weighted by Crippen LogP contribution is -2.47. The highest BCUT2D eigenvalue weighted by atomic mass is 35.5. The van der Waals surface area contributed by atoms with Crippen molar-refractivity contribution < 1.29 is 18.0 Å². The Morgan fingerprint density at radius 1 is 1.36 bits per heavy atom. The van der Waals surface area contributed by atoms with E-state index in [-0.39, 0.29) is 36.2 Å². The summed E-state index contributed by atoms with van der Waals surface area (Å²) in [6.07, 6.45) is 1.33. The Bertz CT molecular complexity index is 851. The van der Waals surface area contributed by atoms with E-state index in [9.17, 15) is 18.0 Å². The maximum atomic E-state index is 12.8. The monoisotopic (exact) mass is 426 g/mol. The molecular weight excluding hydrogens is 404 g/mol. The second-order valence-electron chi connectivity index (χ2n) is 6.60. The van der Waals surface area contributed by atoms with Crippen LogP contribution in [0.2, 0.25) is 5.02 Å². The average Bonchev–Trinajstić information content (AvgIpc) is 2.70. The standard InChI is InChI=1S/C18H23ClN4O4S/c1-22(10-3-9-20)17(24)12-21-18(25)14-4-2-11-23(13-14)28(26,27)16-7-5-15(19)6-8-16/h5-8,14H,2-4,10-13H2,1H3,(H,21,25). The molecule has 1 unspecified atom stereocenters. The summed E-state index contributed by atoms with van der Waals surface area (Å²) in [4.78, 5) is 25.9. The van der Waals surface area contributed by atoms with Crippen molar-refractivity contribution in [2.75, 3.05) is 33.2 Å². The second-order valence-corrected chi connectivity index (χ2v) is 8.97. The predicted molar refractivity (Wildman–Crippen MR) is 104 cm³/mol. The van der Waals surface area contributed by atoms with E-state index in [4.69, 9.17) is 16.9 Å². The third-order valence-corrected chi connectivity index (χ3v) is 6.74. The summed E-state index contributed by atoms with van der Waals surface area (Å²) in [6, 6.07) is 7.86. The molecular formula is C18H23ClN4O4S. The highest BCUT2D eigenvalue weighted by Crippen LogP contribution is 2.24. The van der Waals surface area contributed by atoms with E-state index in [1.165, 1.54) is 33.5 Å². The van der Waals surface area contributed by atoms with Crippen molar-refractivity contribution in [2.45, 2.75) is 24.2 Å². The topological polar surface area (TPSA) is 111 Å². The summed E-state index contributed by atoms with van der Waals surface area (Å²) in [7, 11) is -2.15. The molecule has 8 nitrogen and oxygen atoms in total. The SMILES string of the molecule is CN(CCC#N)C(=O)CNC(=O)C1CCCN(S(=O)(=O)c2ccc(Cl)cc2)C1. The highest BCUT2D eigenvalue weighted by Gasteiger charge is 2.33. The molecule has 1 aliphatic rings. The molecule has 0 spiro atoms. The van der Waals surface area contributed by atoms with Gasteiger partial charge in [-0.3, -0.25) is 9.59 Å². The molecule has 0 aromatic heterocycles. The van der Waals surface area contributed by atoms with Gasteiger partial charge in [-0.1, -0.05) is 11.6 Å². The van der Waals surface area contributed by atoms with Gasteiger partial charge in [0.25, 0.3) is 0 Å². The molecule has 2 amide bonds. The minimum Gasteiger partial charge on any atom is -0.347 e. The number of halogens is 1. The lowest BCUT2D eigenvalue weighted by atomic mass is 9.99. The zero-order valence-corrected chi connectivity index (χ0v) is 17.2. The molecule has 28 heavy (non-hydrogen) atoms. The highest BCUT2D eigenvalue weighted by molar-refractivity contribution is 7.89. The van der Waals surface area contributed by atoms with E-state index in [1.54, 1.807) is 7.05 Å². The number of hydrogen-bond acceptors (Lipinski definition) is 5. The van der Waals surface area contributed by atoms with Crippen molar-refractivity contribution in [1.82, 2.24) is 14.5 Å². The van der Waals surface area contributed by atoms with Gasteiger partial charge in [0.05, 0.1) is 29.8 Å². The Morgan fingerprint density at radius 3 is 2.68 bits per heavy atom. The first-order valence-corrected chi connectivity index (χ1v) is 10.7. The fraction of sp³-hybridized carbons (Fsp3) is 0.500. The van der Waals surface area contributed by atoms with Gasteiger partial charge < -0.3 is 10.2 Å². The number of rotatable bonds is 7. The lowest BCUT2D eigenvalue weighted by molar-refractivity contribution is -0.133. The maximum absolute atomic E-state index is 12.8. The first-order chi connectivity index (χ1) is 13.3. The second kappa shape index (κ2) is 9.87. The summed E-state index contributed by atoms with van der Waals surface area (Å²) < 4.78 is 26.9. The Labute approximate surface area is 170 Å². The zero-order chi connectivity index (χ0) is 20.7. The maximum Gasteiger partial charge on any atom is 0.243 e. The fourth-order valence-corrected chi connectivity index (χ4v) is 4.56. The summed E-state index contributed by atoms with van der Waals surface area (Å²) in [6.45, 7) is 0.517. The number of carbonyl (C=O) groups is 2. The number of benzene rings is 1. The molecule has 2 rings (SSSR count). The minimum atomic E-state index is -3.71. The lowest BCUT2D eigenvalue weighted by Gasteiger charge is -2.31. The first-order valence-electron chi connectivity index (χ1n) is 8.90. The number of likely N-dealkylation sites (N-methyl/N-ethyl adjacent to an activating group) is 1. The van der Waals surface area contributed by atoms with Crippen molar-refractivity contribution in [1.29, 1.82) is 5.26 Å². The Balaban J connectivity index is 1.95. The Hall–Kier alpha value is -2.15. The number of piperidine rings is 1. The van der Waals surface area contributed by atoms with Crippen LogP contribution in [0.15, 0.2) is 29.2 Å². The summed E-state index contributed by atoms with van der Waals surface area (Å²) >= 11 is 5.81. The van der Waals surface area contributed by atoms with Gasteiger partial charge in [-0.25, -0.2) is 8.42 Å². The van der Waals surface area contributed by atoms with Crippen LogP contribution < -0.4 is 5.32 Å². The number of hydrogen-bond donors (Lipinski definition) is 1. The number of nitriles is 1. The number of sulfonamides is 1. The quantitative estimate of drug-likeness (QED) is 0.704. The van der Waals surface area contributed by atoms with Crippen molar-refractivity contribution in [3.05, 3.63) is 29.3 Å². The van der Waals surface area contributed by atoms with Crippen LogP contribution in [0.1, 0.15) is 19.3 Å². The summed E-state index contributed by atoms with van der Waals surface area (Å²) in [5, 5.41) is 11.6. The van der Waals surface area contributed by atoms with Gasteiger partial charge in [0.1, 0.15) is 0 Å². The number of carbonyl (C=O) groups excluding carboxylic acids is 2. The van der Waals surface area contributed by atoms with Gasteiger partial charge >= 0.3 is 0 Å². The van der Waals surface area contributed by atoms with Crippen molar-refractivity contribution >= 4 is 33.4 Å². The number of amides is 2. The van der Waals surface area contributed by atoms with E-state index in [2.05, 4.69) is 5.32 Å². The van der Waals surface area contributed by atoms with E-state index in [0.717, 1.165) is 0 Å². The van der Waals surface area contributed by atoms with Crippen molar-refractivity contribution in [3.8, 4) is 6.07 Å². The molecule has 1 saturated heterocycles. The normalized spacial score (nSPS) is 17.5. The third kappa shape index (κ3) is 5.67. The van der Waals surface area contributed by atoms with Crippen LogP contribution in [0.3, 0.4) is 0 Å². The number of nitrogens with zero attached hydrogens (tertiary/aromatic N) is 3. The van der Waals surface area contributed by atoms with E-state index < -0.39 is 15.9 Å². The van der Waals surface area contributed by atoms with Crippen LogP contribution in [0.4, 0.5) is 0 Å². The molecule has 0 saturated carbocycles. The molecule has 10 heteroatoms. The van der Waals surface area contributed by atoms with Crippen molar-refractivity contribution in [2.24, 2.45) is 5.92 Å². The molecule has 1 aromatic rings. The fourth-order valence-electron chi connectivity index (χ4n) is 2.91. The van der Waals surface area contributed by atoms with Gasteiger partial charge in [-0.2, -0.15) is 9.57 Å². The van der Waals surface area contributed by atoms with Crippen LogP contribution in [-0.2, 0) is 19.6 Å². The average molecular weight is 427 g/mol. The minimum absolute atomic E-state index is 0.0647. The Kier molecular flexibility index (Phi) is 7.80. The molecule has 152 valence electrons. The Morgan fingerprint density at radius 2 is 2.04 bits per heavy atom. The van der Waals surface area contributed by atoms with E-state index >= 15 is 0 Å². The van der Waals surface area contributed by atoms with Crippen LogP contribution >= 0.6 is 11.6 Å². The molecule has 1 N–H and O–H groups in total. The van der Waals surface area contributed by atoms with Crippen LogP contribution in [0, 0.1) is 17.2 Å². The summed E-state index contributed by atoms with van der Waals surface area (Å²) in [5.41, 5.74) is 0. The molecule has 1 aliphatic heterocycles. The van der Waals surface area contributed by atoms with Crippen LogP contribution in [0.25, 0.3) is 0 Å². The van der Waals surface area contributed by atoms with E-state index in [0.29, 0.717) is 31.0 Å². The van der Waals surface area contributed by atoms with Crippen LogP contribution in [-0.4, -0.2) is 62.7 Å². The molecule has 1 aromatic carbocycles. The predicted octanol–water partition coefficient (Wildman–Crippen LogP) is 1.23. The zero-order valence-electron chi connectivity index (χ0n) is 15.6. The van der Waals surface area contributed by atoms with Gasteiger partial charge in [0.2, 0.25) is 21.8 Å². The van der Waals surface area contributed by atoms with Crippen LogP contribution in [0.5, 0.6) is 0 Å². The third-order valence-electron chi connectivity index (χ3n) is 4.60. The molecule has 1 heterocycles. The first kappa shape index (κ1) is 22.1. The van der Waals surface area contributed by atoms with Gasteiger partial charge in [0, 0.05) is 31.7 Å². The smallest absolute Gasteiger partial charge is 0.243 e. The largest absolute Gasteiger partial charge is 0.347 e. The van der Waals surface area contributed by atoms with E-state index in [1.807, 2.05) is 6.07 Å². The molecule has 1 atom stereocenters. The molecule has 0 aliphatic carbocycles. The molecule has 0 bridgehead atoms.